The van der Waals surface area contributed by atoms with Gasteiger partial charge >= 0.3 is 0 Å². The van der Waals surface area contributed by atoms with Gasteiger partial charge in [-0.3, -0.25) is 9.59 Å². The molecule has 26 heavy (non-hydrogen) atoms. The van der Waals surface area contributed by atoms with Crippen LogP contribution in [0.25, 0.3) is 0 Å². The summed E-state index contributed by atoms with van der Waals surface area (Å²) in [5.41, 5.74) is 1.56. The van der Waals surface area contributed by atoms with E-state index in [0.717, 1.165) is 25.9 Å². The van der Waals surface area contributed by atoms with Crippen molar-refractivity contribution in [2.75, 3.05) is 18.4 Å². The zero-order chi connectivity index (χ0) is 18.4. The average molecular weight is 355 g/mol. The van der Waals surface area contributed by atoms with Crippen LogP contribution in [-0.2, 0) is 11.3 Å². The second-order valence-electron chi connectivity index (χ2n) is 6.36. The van der Waals surface area contributed by atoms with Crippen molar-refractivity contribution in [3.05, 3.63) is 65.5 Å². The van der Waals surface area contributed by atoms with Crippen LogP contribution in [0.15, 0.2) is 48.5 Å². The lowest BCUT2D eigenvalue weighted by molar-refractivity contribution is -0.120. The van der Waals surface area contributed by atoms with Crippen molar-refractivity contribution in [1.29, 1.82) is 0 Å². The number of rotatable bonds is 5. The molecule has 1 aliphatic heterocycles. The number of carbonyl (C=O) groups excluding carboxylic acids is 2. The van der Waals surface area contributed by atoms with Gasteiger partial charge in [-0.15, -0.1) is 0 Å². The predicted molar refractivity (Wildman–Crippen MR) is 98.2 cm³/mol. The molecule has 0 atom stereocenters. The molecular formula is C20H22FN3O2. The first kappa shape index (κ1) is 18.1. The van der Waals surface area contributed by atoms with Crippen LogP contribution in [0.4, 0.5) is 10.1 Å². The quantitative estimate of drug-likeness (QED) is 0.772. The molecule has 1 fully saturated rings. The zero-order valence-corrected chi connectivity index (χ0v) is 14.4. The fourth-order valence-electron chi connectivity index (χ4n) is 2.95. The van der Waals surface area contributed by atoms with Gasteiger partial charge in [0.25, 0.3) is 5.91 Å². The maximum Gasteiger partial charge on any atom is 0.251 e. The third kappa shape index (κ3) is 4.67. The molecule has 0 bridgehead atoms. The van der Waals surface area contributed by atoms with Gasteiger partial charge in [0.1, 0.15) is 5.82 Å². The number of hydrogen-bond donors (Lipinski definition) is 3. The summed E-state index contributed by atoms with van der Waals surface area (Å²) in [5, 5.41) is 8.82. The van der Waals surface area contributed by atoms with Crippen molar-refractivity contribution in [2.24, 2.45) is 5.92 Å². The summed E-state index contributed by atoms with van der Waals surface area (Å²) in [6, 6.07) is 13.0. The second-order valence-corrected chi connectivity index (χ2v) is 6.36. The number of hydrogen-bond acceptors (Lipinski definition) is 3. The topological polar surface area (TPSA) is 70.2 Å². The van der Waals surface area contributed by atoms with E-state index in [1.165, 1.54) is 6.07 Å². The van der Waals surface area contributed by atoms with Crippen molar-refractivity contribution in [1.82, 2.24) is 10.6 Å². The molecule has 0 saturated carbocycles. The third-order valence-electron chi connectivity index (χ3n) is 4.52. The minimum atomic E-state index is -0.344. The van der Waals surface area contributed by atoms with E-state index < -0.39 is 0 Å². The van der Waals surface area contributed by atoms with Crippen molar-refractivity contribution < 1.29 is 14.0 Å². The van der Waals surface area contributed by atoms with Crippen molar-refractivity contribution >= 4 is 17.5 Å². The van der Waals surface area contributed by atoms with Crippen LogP contribution in [0.3, 0.4) is 0 Å². The van der Waals surface area contributed by atoms with Crippen LogP contribution in [0.2, 0.25) is 0 Å². The molecule has 0 spiro atoms. The number of benzene rings is 2. The average Bonchev–Trinajstić information content (AvgIpc) is 2.68. The van der Waals surface area contributed by atoms with Crippen LogP contribution in [0.1, 0.15) is 28.8 Å². The molecule has 2 amide bonds. The van der Waals surface area contributed by atoms with Gasteiger partial charge in [0, 0.05) is 29.3 Å². The first-order chi connectivity index (χ1) is 12.6. The Kier molecular flexibility index (Phi) is 5.96. The molecule has 0 radical (unpaired) electrons. The first-order valence-electron chi connectivity index (χ1n) is 8.77. The van der Waals surface area contributed by atoms with Crippen molar-refractivity contribution in [2.45, 2.75) is 19.4 Å². The molecule has 0 aliphatic carbocycles. The van der Waals surface area contributed by atoms with E-state index >= 15 is 0 Å². The van der Waals surface area contributed by atoms with Gasteiger partial charge in [0.2, 0.25) is 5.91 Å². The second kappa shape index (κ2) is 8.58. The summed E-state index contributed by atoms with van der Waals surface area (Å²) < 4.78 is 13.6. The summed E-state index contributed by atoms with van der Waals surface area (Å²) >= 11 is 0. The molecular weight excluding hydrogens is 333 g/mol. The summed E-state index contributed by atoms with van der Waals surface area (Å²) in [5.74, 6) is -0.587. The highest BCUT2D eigenvalue weighted by molar-refractivity contribution is 5.96. The molecule has 0 aromatic heterocycles. The number of halogens is 1. The van der Waals surface area contributed by atoms with E-state index in [9.17, 15) is 14.0 Å². The third-order valence-corrected chi connectivity index (χ3v) is 4.52. The fraction of sp³-hybridized carbons (Fsp3) is 0.300. The van der Waals surface area contributed by atoms with E-state index in [0.29, 0.717) is 16.8 Å². The van der Waals surface area contributed by atoms with Gasteiger partial charge in [0.05, 0.1) is 0 Å². The van der Waals surface area contributed by atoms with E-state index in [-0.39, 0.29) is 30.1 Å². The fourth-order valence-corrected chi connectivity index (χ4v) is 2.95. The Bertz CT molecular complexity index is 771. The Labute approximate surface area is 152 Å². The lowest BCUT2D eigenvalue weighted by atomic mass is 9.97. The van der Waals surface area contributed by atoms with Crippen molar-refractivity contribution in [3.8, 4) is 0 Å². The lowest BCUT2D eigenvalue weighted by Crippen LogP contribution is -2.34. The lowest BCUT2D eigenvalue weighted by Gasteiger charge is -2.21. The number of carbonyl (C=O) groups is 2. The minimum Gasteiger partial charge on any atom is -0.348 e. The van der Waals surface area contributed by atoms with E-state index in [4.69, 9.17) is 0 Å². The molecule has 3 N–H and O–H groups in total. The number of amides is 2. The number of piperidine rings is 1. The maximum absolute atomic E-state index is 13.6. The van der Waals surface area contributed by atoms with Crippen LogP contribution in [-0.4, -0.2) is 24.9 Å². The van der Waals surface area contributed by atoms with Gasteiger partial charge in [-0.1, -0.05) is 18.2 Å². The monoisotopic (exact) mass is 355 g/mol. The summed E-state index contributed by atoms with van der Waals surface area (Å²) in [6.45, 7) is 1.85. The smallest absolute Gasteiger partial charge is 0.251 e. The molecule has 6 heteroatoms. The van der Waals surface area contributed by atoms with Gasteiger partial charge < -0.3 is 16.0 Å². The predicted octanol–water partition coefficient (Wildman–Crippen LogP) is 2.69. The van der Waals surface area contributed by atoms with Gasteiger partial charge in [0.15, 0.2) is 0 Å². The molecule has 3 rings (SSSR count). The maximum atomic E-state index is 13.6. The van der Waals surface area contributed by atoms with E-state index in [2.05, 4.69) is 16.0 Å². The van der Waals surface area contributed by atoms with Crippen LogP contribution in [0.5, 0.6) is 0 Å². The molecule has 5 nitrogen and oxygen atoms in total. The van der Waals surface area contributed by atoms with Crippen LogP contribution >= 0.6 is 0 Å². The van der Waals surface area contributed by atoms with Crippen molar-refractivity contribution in [3.63, 3.8) is 0 Å². The molecule has 0 unspecified atom stereocenters. The molecule has 136 valence electrons. The number of nitrogens with one attached hydrogen (secondary N) is 3. The number of anilines is 1. The van der Waals surface area contributed by atoms with Crippen LogP contribution < -0.4 is 16.0 Å². The zero-order valence-electron chi connectivity index (χ0n) is 14.4. The summed E-state index contributed by atoms with van der Waals surface area (Å²) in [6.07, 6.45) is 1.67. The molecule has 2 aromatic rings. The van der Waals surface area contributed by atoms with Crippen LogP contribution in [0, 0.1) is 11.7 Å². The van der Waals surface area contributed by atoms with Gasteiger partial charge in [-0.2, -0.15) is 0 Å². The Balaban J connectivity index is 1.54. The first-order valence-corrected chi connectivity index (χ1v) is 8.77. The Morgan fingerprint density at radius 3 is 2.42 bits per heavy atom. The summed E-state index contributed by atoms with van der Waals surface area (Å²) in [4.78, 5) is 24.4. The molecule has 1 heterocycles. The highest BCUT2D eigenvalue weighted by atomic mass is 19.1. The SMILES string of the molecule is O=C(NCc1ccccc1F)c1ccc(NC(=O)C2CCNCC2)cc1. The molecule has 1 saturated heterocycles. The summed E-state index contributed by atoms with van der Waals surface area (Å²) in [7, 11) is 0. The van der Waals surface area contributed by atoms with Gasteiger partial charge in [-0.25, -0.2) is 4.39 Å². The van der Waals surface area contributed by atoms with E-state index in [1.54, 1.807) is 42.5 Å². The minimum absolute atomic E-state index is 0.0169. The largest absolute Gasteiger partial charge is 0.348 e. The standard InChI is InChI=1S/C20H22FN3O2/c21-18-4-2-1-3-16(18)13-23-19(25)14-5-7-17(8-6-14)24-20(26)15-9-11-22-12-10-15/h1-8,15,22H,9-13H2,(H,23,25)(H,24,26). The molecule has 1 aliphatic rings. The molecule has 2 aromatic carbocycles. The Morgan fingerprint density at radius 2 is 1.73 bits per heavy atom. The van der Waals surface area contributed by atoms with Gasteiger partial charge in [-0.05, 0) is 56.3 Å². The Hall–Kier alpha value is -2.73. The normalized spacial score (nSPS) is 14.7. The highest BCUT2D eigenvalue weighted by Gasteiger charge is 2.20. The van der Waals surface area contributed by atoms with E-state index in [1.807, 2.05) is 0 Å². The highest BCUT2D eigenvalue weighted by Crippen LogP contribution is 2.16. The Morgan fingerprint density at radius 1 is 1.04 bits per heavy atom.